The van der Waals surface area contributed by atoms with Crippen LogP contribution in [-0.2, 0) is 0 Å². The molecule has 0 saturated carbocycles. The Morgan fingerprint density at radius 3 is 2.71 bits per heavy atom. The summed E-state index contributed by atoms with van der Waals surface area (Å²) in [6, 6.07) is 10.0. The maximum absolute atomic E-state index is 5.55. The van der Waals surface area contributed by atoms with Crippen LogP contribution in [0.5, 0.6) is 0 Å². The minimum Gasteiger partial charge on any atom is -0.374 e. The van der Waals surface area contributed by atoms with E-state index in [2.05, 4.69) is 15.2 Å². The van der Waals surface area contributed by atoms with E-state index in [4.69, 9.17) is 5.73 Å². The number of para-hydroxylation sites is 1. The van der Waals surface area contributed by atoms with E-state index in [1.165, 1.54) is 11.3 Å². The van der Waals surface area contributed by atoms with Gasteiger partial charge in [0.05, 0.1) is 5.52 Å². The van der Waals surface area contributed by atoms with Crippen LogP contribution in [0.1, 0.15) is 0 Å². The first-order valence-corrected chi connectivity index (χ1v) is 5.59. The van der Waals surface area contributed by atoms with Crippen molar-refractivity contribution >= 4 is 39.8 Å². The molecule has 4 nitrogen and oxygen atoms in total. The van der Waals surface area contributed by atoms with Gasteiger partial charge in [0.2, 0.25) is 5.13 Å². The molecular formula is C11H9ClN4S. The van der Waals surface area contributed by atoms with Crippen LogP contribution < -0.4 is 5.73 Å². The Bertz CT molecular complexity index is 653. The number of rotatable bonds is 1. The first-order valence-electron chi connectivity index (χ1n) is 4.77. The number of aromatic nitrogens is 3. The minimum atomic E-state index is 0. The summed E-state index contributed by atoms with van der Waals surface area (Å²) in [5, 5.41) is 10.2. The van der Waals surface area contributed by atoms with Gasteiger partial charge in [0.25, 0.3) is 0 Å². The third-order valence-corrected chi connectivity index (χ3v) is 3.08. The second-order valence-electron chi connectivity index (χ2n) is 3.36. The first-order chi connectivity index (χ1) is 7.83. The Morgan fingerprint density at radius 2 is 1.94 bits per heavy atom. The lowest BCUT2D eigenvalue weighted by Gasteiger charge is -1.98. The predicted molar refractivity (Wildman–Crippen MR) is 72.3 cm³/mol. The maximum atomic E-state index is 5.55. The smallest absolute Gasteiger partial charge is 0.203 e. The number of halogens is 1. The topological polar surface area (TPSA) is 64.7 Å². The minimum absolute atomic E-state index is 0. The van der Waals surface area contributed by atoms with Gasteiger partial charge in [-0.15, -0.1) is 22.6 Å². The molecule has 3 aromatic rings. The number of anilines is 1. The normalized spacial score (nSPS) is 10.1. The summed E-state index contributed by atoms with van der Waals surface area (Å²) in [4.78, 5) is 4.36. The molecule has 6 heteroatoms. The first kappa shape index (κ1) is 11.8. The number of nitrogens with two attached hydrogens (primary N) is 1. The van der Waals surface area contributed by atoms with Crippen LogP contribution in [0.25, 0.3) is 21.5 Å². The molecule has 0 amide bonds. The number of fused-ring (bicyclic) bond motifs is 1. The molecule has 3 rings (SSSR count). The summed E-state index contributed by atoms with van der Waals surface area (Å²) in [5.41, 5.74) is 7.48. The lowest BCUT2D eigenvalue weighted by molar-refractivity contribution is 1.10. The van der Waals surface area contributed by atoms with Gasteiger partial charge in [-0.2, -0.15) is 0 Å². The average Bonchev–Trinajstić information content (AvgIpc) is 2.75. The second-order valence-corrected chi connectivity index (χ2v) is 4.37. The fourth-order valence-electron chi connectivity index (χ4n) is 1.54. The summed E-state index contributed by atoms with van der Waals surface area (Å²) in [6.07, 6.45) is 1.79. The summed E-state index contributed by atoms with van der Waals surface area (Å²) >= 11 is 1.36. The highest BCUT2D eigenvalue weighted by atomic mass is 35.5. The largest absolute Gasteiger partial charge is 0.374 e. The van der Waals surface area contributed by atoms with Gasteiger partial charge in [-0.1, -0.05) is 29.5 Å². The molecule has 2 heterocycles. The van der Waals surface area contributed by atoms with E-state index in [0.29, 0.717) is 5.13 Å². The summed E-state index contributed by atoms with van der Waals surface area (Å²) < 4.78 is 0. The molecule has 1 aromatic carbocycles. The summed E-state index contributed by atoms with van der Waals surface area (Å²) in [5.74, 6) is 0. The third kappa shape index (κ3) is 2.20. The van der Waals surface area contributed by atoms with Crippen molar-refractivity contribution < 1.29 is 0 Å². The Morgan fingerprint density at radius 1 is 1.12 bits per heavy atom. The lowest BCUT2D eigenvalue weighted by Crippen LogP contribution is -1.82. The summed E-state index contributed by atoms with van der Waals surface area (Å²) in [6.45, 7) is 0. The number of benzene rings is 1. The third-order valence-electron chi connectivity index (χ3n) is 2.28. The highest BCUT2D eigenvalue weighted by Gasteiger charge is 2.05. The van der Waals surface area contributed by atoms with Gasteiger partial charge in [-0.3, -0.25) is 4.98 Å². The predicted octanol–water partition coefficient (Wildman–Crippen LogP) is 2.76. The van der Waals surface area contributed by atoms with E-state index in [1.807, 2.05) is 30.3 Å². The molecule has 17 heavy (non-hydrogen) atoms. The zero-order valence-corrected chi connectivity index (χ0v) is 10.3. The second kappa shape index (κ2) is 4.65. The number of hydrogen-bond donors (Lipinski definition) is 1. The van der Waals surface area contributed by atoms with Crippen molar-refractivity contribution in [2.75, 3.05) is 5.73 Å². The van der Waals surface area contributed by atoms with Crippen molar-refractivity contribution in [1.29, 1.82) is 0 Å². The Hall–Kier alpha value is -1.72. The van der Waals surface area contributed by atoms with Crippen molar-refractivity contribution in [3.8, 4) is 10.6 Å². The van der Waals surface area contributed by atoms with Crippen LogP contribution in [0.15, 0.2) is 36.5 Å². The number of hydrogen-bond acceptors (Lipinski definition) is 5. The Balaban J connectivity index is 0.00000108. The Kier molecular flexibility index (Phi) is 3.21. The van der Waals surface area contributed by atoms with E-state index < -0.39 is 0 Å². The molecule has 0 radical (unpaired) electrons. The highest BCUT2D eigenvalue weighted by molar-refractivity contribution is 7.18. The van der Waals surface area contributed by atoms with Crippen LogP contribution in [0, 0.1) is 0 Å². The van der Waals surface area contributed by atoms with Gasteiger partial charge >= 0.3 is 0 Å². The van der Waals surface area contributed by atoms with Crippen LogP contribution in [0.3, 0.4) is 0 Å². The molecule has 0 aliphatic rings. The van der Waals surface area contributed by atoms with Gasteiger partial charge in [0, 0.05) is 17.1 Å². The molecule has 86 valence electrons. The molecule has 0 saturated heterocycles. The van der Waals surface area contributed by atoms with Crippen molar-refractivity contribution in [3.63, 3.8) is 0 Å². The molecule has 0 spiro atoms. The molecule has 0 aliphatic carbocycles. The zero-order chi connectivity index (χ0) is 11.0. The fourth-order valence-corrected chi connectivity index (χ4v) is 2.13. The van der Waals surface area contributed by atoms with E-state index in [-0.39, 0.29) is 12.4 Å². The molecule has 0 unspecified atom stereocenters. The molecule has 2 N–H and O–H groups in total. The van der Waals surface area contributed by atoms with Crippen LogP contribution >= 0.6 is 23.7 Å². The molecule has 0 aliphatic heterocycles. The monoisotopic (exact) mass is 264 g/mol. The van der Waals surface area contributed by atoms with Crippen molar-refractivity contribution in [2.24, 2.45) is 0 Å². The van der Waals surface area contributed by atoms with E-state index in [9.17, 15) is 0 Å². The highest BCUT2D eigenvalue weighted by Crippen LogP contribution is 2.26. The standard InChI is InChI=1S/C11H8N4S.ClH/c12-11-15-14-10(16-11)8-5-7-3-1-2-4-9(7)13-6-8;/h1-6H,(H2,12,15);1H. The van der Waals surface area contributed by atoms with Gasteiger partial charge in [0.1, 0.15) is 0 Å². The lowest BCUT2D eigenvalue weighted by atomic mass is 10.2. The average molecular weight is 265 g/mol. The molecule has 2 aromatic heterocycles. The van der Waals surface area contributed by atoms with Crippen molar-refractivity contribution in [3.05, 3.63) is 36.5 Å². The van der Waals surface area contributed by atoms with Gasteiger partial charge < -0.3 is 5.73 Å². The molecule has 0 atom stereocenters. The summed E-state index contributed by atoms with van der Waals surface area (Å²) in [7, 11) is 0. The van der Waals surface area contributed by atoms with Crippen molar-refractivity contribution in [2.45, 2.75) is 0 Å². The fraction of sp³-hybridized carbons (Fsp3) is 0. The molecule has 0 bridgehead atoms. The van der Waals surface area contributed by atoms with Crippen molar-refractivity contribution in [1.82, 2.24) is 15.2 Å². The van der Waals surface area contributed by atoms with Crippen LogP contribution in [-0.4, -0.2) is 15.2 Å². The number of pyridine rings is 1. The van der Waals surface area contributed by atoms with E-state index in [1.54, 1.807) is 6.20 Å². The molecule has 0 fully saturated rings. The SMILES string of the molecule is Cl.Nc1nnc(-c2cnc3ccccc3c2)s1. The maximum Gasteiger partial charge on any atom is 0.203 e. The van der Waals surface area contributed by atoms with Gasteiger partial charge in [0.15, 0.2) is 5.01 Å². The zero-order valence-electron chi connectivity index (χ0n) is 8.70. The van der Waals surface area contributed by atoms with Gasteiger partial charge in [-0.05, 0) is 12.1 Å². The van der Waals surface area contributed by atoms with E-state index >= 15 is 0 Å². The number of nitrogens with zero attached hydrogens (tertiary/aromatic N) is 3. The van der Waals surface area contributed by atoms with Crippen LogP contribution in [0.2, 0.25) is 0 Å². The number of nitrogen functional groups attached to an aromatic ring is 1. The van der Waals surface area contributed by atoms with E-state index in [0.717, 1.165) is 21.5 Å². The quantitative estimate of drug-likeness (QED) is 0.734. The van der Waals surface area contributed by atoms with Gasteiger partial charge in [-0.25, -0.2) is 0 Å². The molecular weight excluding hydrogens is 256 g/mol. The Labute approximate surface area is 108 Å². The van der Waals surface area contributed by atoms with Crippen LogP contribution in [0.4, 0.5) is 5.13 Å².